The van der Waals surface area contributed by atoms with Crippen LogP contribution in [0.4, 0.5) is 5.69 Å². The van der Waals surface area contributed by atoms with Crippen molar-refractivity contribution in [1.82, 2.24) is 0 Å². The number of carbonyl (C=O) groups is 2. The molecule has 2 heterocycles. The van der Waals surface area contributed by atoms with Gasteiger partial charge < -0.3 is 14.4 Å². The molecule has 1 amide bonds. The number of ether oxygens (including phenoxy) is 2. The largest absolute Gasteiger partial charge is 0.427 e. The lowest BCUT2D eigenvalue weighted by atomic mass is 9.70. The van der Waals surface area contributed by atoms with Gasteiger partial charge >= 0.3 is 5.97 Å². The Kier molecular flexibility index (Phi) is 5.22. The van der Waals surface area contributed by atoms with Crippen molar-refractivity contribution in [2.45, 2.75) is 70.9 Å². The number of amides is 1. The average Bonchev–Trinajstić information content (AvgIpc) is 2.67. The molecule has 3 atom stereocenters. The molecule has 5 nitrogen and oxygen atoms in total. The van der Waals surface area contributed by atoms with Crippen LogP contribution in [0.25, 0.3) is 0 Å². The number of benzene rings is 1. The minimum absolute atomic E-state index is 0.0215. The maximum Gasteiger partial charge on any atom is 0.308 e. The molecule has 27 heavy (non-hydrogen) atoms. The zero-order valence-electron chi connectivity index (χ0n) is 16.3. The third kappa shape index (κ3) is 3.49. The van der Waals surface area contributed by atoms with Gasteiger partial charge in [0.15, 0.2) is 0 Å². The predicted molar refractivity (Wildman–Crippen MR) is 103 cm³/mol. The number of rotatable bonds is 2. The Morgan fingerprint density at radius 3 is 2.56 bits per heavy atom. The minimum Gasteiger partial charge on any atom is -0.427 e. The first-order valence-electron chi connectivity index (χ1n) is 10.3. The van der Waals surface area contributed by atoms with E-state index in [9.17, 15) is 9.59 Å². The van der Waals surface area contributed by atoms with Gasteiger partial charge in [0.1, 0.15) is 5.75 Å². The fourth-order valence-electron chi connectivity index (χ4n) is 5.45. The summed E-state index contributed by atoms with van der Waals surface area (Å²) >= 11 is 0. The average molecular weight is 371 g/mol. The van der Waals surface area contributed by atoms with Crippen LogP contribution in [-0.2, 0) is 14.3 Å². The highest BCUT2D eigenvalue weighted by Gasteiger charge is 2.47. The molecule has 0 N–H and O–H groups in total. The van der Waals surface area contributed by atoms with Crippen molar-refractivity contribution < 1.29 is 19.1 Å². The third-order valence-corrected chi connectivity index (χ3v) is 6.40. The summed E-state index contributed by atoms with van der Waals surface area (Å²) in [6, 6.07) is 5.82. The van der Waals surface area contributed by atoms with Gasteiger partial charge in [-0.15, -0.1) is 0 Å². The van der Waals surface area contributed by atoms with Crippen molar-refractivity contribution in [2.24, 2.45) is 11.8 Å². The van der Waals surface area contributed by atoms with Gasteiger partial charge in [-0.2, -0.15) is 0 Å². The Hall–Kier alpha value is -1.88. The van der Waals surface area contributed by atoms with Crippen molar-refractivity contribution in [3.63, 3.8) is 0 Å². The molecular formula is C22H29NO4. The van der Waals surface area contributed by atoms with Gasteiger partial charge in [0.05, 0.1) is 11.8 Å². The summed E-state index contributed by atoms with van der Waals surface area (Å²) in [6.07, 6.45) is 8.29. The number of nitrogens with zero attached hydrogens (tertiary/aromatic N) is 1. The van der Waals surface area contributed by atoms with Gasteiger partial charge in [0.25, 0.3) is 0 Å². The van der Waals surface area contributed by atoms with E-state index in [0.29, 0.717) is 17.6 Å². The zero-order chi connectivity index (χ0) is 19.0. The van der Waals surface area contributed by atoms with Crippen LogP contribution in [0.2, 0.25) is 0 Å². The molecular weight excluding hydrogens is 342 g/mol. The van der Waals surface area contributed by atoms with Crippen molar-refractivity contribution in [1.29, 1.82) is 0 Å². The fraction of sp³-hybridized carbons (Fsp3) is 0.636. The second-order valence-corrected chi connectivity index (χ2v) is 8.19. The van der Waals surface area contributed by atoms with Crippen molar-refractivity contribution in [2.75, 3.05) is 11.5 Å². The van der Waals surface area contributed by atoms with Crippen LogP contribution in [-0.4, -0.2) is 24.5 Å². The van der Waals surface area contributed by atoms with E-state index < -0.39 is 0 Å². The van der Waals surface area contributed by atoms with E-state index in [-0.39, 0.29) is 24.0 Å². The first kappa shape index (κ1) is 18.5. The summed E-state index contributed by atoms with van der Waals surface area (Å²) < 4.78 is 11.5. The van der Waals surface area contributed by atoms with Crippen LogP contribution >= 0.6 is 0 Å². The zero-order valence-corrected chi connectivity index (χ0v) is 16.3. The second-order valence-electron chi connectivity index (χ2n) is 8.19. The summed E-state index contributed by atoms with van der Waals surface area (Å²) in [4.78, 5) is 26.2. The number of hydrogen-bond donors (Lipinski definition) is 0. The summed E-state index contributed by atoms with van der Waals surface area (Å²) in [5, 5.41) is 0. The molecule has 4 rings (SSSR count). The smallest absolute Gasteiger partial charge is 0.308 e. The molecule has 0 aromatic heterocycles. The van der Waals surface area contributed by atoms with Crippen molar-refractivity contribution in [3.05, 3.63) is 23.8 Å². The van der Waals surface area contributed by atoms with E-state index in [4.69, 9.17) is 9.47 Å². The molecule has 1 aromatic rings. The van der Waals surface area contributed by atoms with Crippen molar-refractivity contribution >= 4 is 17.6 Å². The summed E-state index contributed by atoms with van der Waals surface area (Å²) in [5.74, 6) is 1.13. The lowest BCUT2D eigenvalue weighted by Gasteiger charge is -2.51. The Labute approximate surface area is 161 Å². The van der Waals surface area contributed by atoms with E-state index in [1.807, 2.05) is 17.0 Å². The van der Waals surface area contributed by atoms with Crippen LogP contribution in [0, 0.1) is 11.8 Å². The molecule has 1 aliphatic carbocycles. The first-order valence-corrected chi connectivity index (χ1v) is 10.3. The quantitative estimate of drug-likeness (QED) is 0.571. The van der Waals surface area contributed by atoms with Gasteiger partial charge in [-0.05, 0) is 49.8 Å². The SMILES string of the molecule is CC(=O)Oc1ccc2c(c1)[C@H]1OCCC[C@H]1[C@@H](C1CCCCC1)N2C(C)=O. The van der Waals surface area contributed by atoms with Crippen LogP contribution in [0.3, 0.4) is 0 Å². The molecule has 5 heteroatoms. The Morgan fingerprint density at radius 1 is 1.07 bits per heavy atom. The molecule has 1 saturated carbocycles. The number of esters is 1. The highest BCUT2D eigenvalue weighted by molar-refractivity contribution is 5.94. The van der Waals surface area contributed by atoms with E-state index in [0.717, 1.165) is 30.7 Å². The topological polar surface area (TPSA) is 55.8 Å². The Balaban J connectivity index is 1.78. The monoisotopic (exact) mass is 371 g/mol. The number of fused-ring (bicyclic) bond motifs is 3. The Morgan fingerprint density at radius 2 is 1.85 bits per heavy atom. The Bertz CT molecular complexity index is 725. The lowest BCUT2D eigenvalue weighted by Crippen LogP contribution is -2.54. The summed E-state index contributed by atoms with van der Waals surface area (Å²) in [7, 11) is 0. The molecule has 2 fully saturated rings. The van der Waals surface area contributed by atoms with E-state index >= 15 is 0 Å². The molecule has 0 radical (unpaired) electrons. The van der Waals surface area contributed by atoms with Gasteiger partial charge in [-0.3, -0.25) is 9.59 Å². The van der Waals surface area contributed by atoms with Crippen LogP contribution < -0.4 is 9.64 Å². The van der Waals surface area contributed by atoms with E-state index in [1.165, 1.54) is 39.0 Å². The summed E-state index contributed by atoms with van der Waals surface area (Å²) in [6.45, 7) is 3.82. The standard InChI is InChI=1S/C22H29NO4/c1-14(24)23-20-11-10-17(27-15(2)25)13-19(20)22-18(9-6-12-26-22)21(23)16-7-4-3-5-8-16/h10-11,13,16,18,21-22H,3-9,12H2,1-2H3/t18-,21+,22-/m0/s1. The molecule has 2 aliphatic heterocycles. The molecule has 1 aromatic carbocycles. The van der Waals surface area contributed by atoms with E-state index in [1.54, 1.807) is 13.0 Å². The molecule has 0 bridgehead atoms. The van der Waals surface area contributed by atoms with Gasteiger partial charge in [-0.25, -0.2) is 0 Å². The van der Waals surface area contributed by atoms with Crippen LogP contribution in [0.1, 0.15) is 70.5 Å². The van der Waals surface area contributed by atoms with Crippen LogP contribution in [0.5, 0.6) is 5.75 Å². The molecule has 1 saturated heterocycles. The number of anilines is 1. The fourth-order valence-corrected chi connectivity index (χ4v) is 5.45. The normalized spacial score (nSPS) is 28.2. The van der Waals surface area contributed by atoms with Crippen molar-refractivity contribution in [3.8, 4) is 5.75 Å². The molecule has 3 aliphatic rings. The molecule has 0 spiro atoms. The number of hydrogen-bond acceptors (Lipinski definition) is 4. The van der Waals surface area contributed by atoms with Crippen LogP contribution in [0.15, 0.2) is 18.2 Å². The lowest BCUT2D eigenvalue weighted by molar-refractivity contribution is -0.132. The molecule has 0 unspecified atom stereocenters. The minimum atomic E-state index is -0.338. The maximum atomic E-state index is 12.8. The highest BCUT2D eigenvalue weighted by atomic mass is 16.5. The van der Waals surface area contributed by atoms with Gasteiger partial charge in [0.2, 0.25) is 5.91 Å². The third-order valence-electron chi connectivity index (χ3n) is 6.40. The van der Waals surface area contributed by atoms with Gasteiger partial charge in [-0.1, -0.05) is 19.3 Å². The van der Waals surface area contributed by atoms with E-state index in [2.05, 4.69) is 0 Å². The highest BCUT2D eigenvalue weighted by Crippen LogP contribution is 2.51. The first-order chi connectivity index (χ1) is 13.1. The number of carbonyl (C=O) groups excluding carboxylic acids is 2. The van der Waals surface area contributed by atoms with Gasteiger partial charge in [0, 0.05) is 38.0 Å². The second kappa shape index (κ2) is 7.63. The molecule has 146 valence electrons. The maximum absolute atomic E-state index is 12.8. The summed E-state index contributed by atoms with van der Waals surface area (Å²) in [5.41, 5.74) is 1.91. The predicted octanol–water partition coefficient (Wildman–Crippen LogP) is 4.40.